The van der Waals surface area contributed by atoms with Gasteiger partial charge in [-0.2, -0.15) is 0 Å². The van der Waals surface area contributed by atoms with Crippen molar-refractivity contribution in [1.82, 2.24) is 0 Å². The second-order valence-electron chi connectivity index (χ2n) is 5.08. The van der Waals surface area contributed by atoms with Crippen molar-refractivity contribution in [2.75, 3.05) is 14.2 Å². The van der Waals surface area contributed by atoms with Gasteiger partial charge in [0.1, 0.15) is 11.5 Å². The van der Waals surface area contributed by atoms with Crippen LogP contribution in [0.1, 0.15) is 23.6 Å². The first kappa shape index (κ1) is 14.4. The molecule has 0 fully saturated rings. The number of rotatable bonds is 4. The van der Waals surface area contributed by atoms with E-state index in [4.69, 9.17) is 15.2 Å². The highest BCUT2D eigenvalue weighted by Gasteiger charge is 2.28. The number of nitrogens with two attached hydrogens (primary N) is 1. The zero-order valence-electron chi connectivity index (χ0n) is 12.4. The van der Waals surface area contributed by atoms with Gasteiger partial charge in [0.2, 0.25) is 0 Å². The molecule has 3 nitrogen and oxygen atoms in total. The van der Waals surface area contributed by atoms with E-state index >= 15 is 0 Å². The van der Waals surface area contributed by atoms with Crippen LogP contribution in [0.4, 0.5) is 0 Å². The Labute approximate surface area is 120 Å². The maximum atomic E-state index is 6.61. The van der Waals surface area contributed by atoms with Gasteiger partial charge in [-0.25, -0.2) is 0 Å². The predicted octanol–water partition coefficient (Wildman–Crippen LogP) is 3.23. The molecule has 1 unspecified atom stereocenters. The average molecular weight is 271 g/mol. The SMILES string of the molecule is COc1ccc(C(C)(N)c2ccccc2C)c(OC)c1. The molecule has 0 amide bonds. The Bertz CT molecular complexity index is 606. The Morgan fingerprint density at radius 1 is 0.950 bits per heavy atom. The molecule has 2 aromatic carbocycles. The van der Waals surface area contributed by atoms with Crippen LogP contribution >= 0.6 is 0 Å². The Hall–Kier alpha value is -2.00. The van der Waals surface area contributed by atoms with Crippen molar-refractivity contribution in [2.45, 2.75) is 19.4 Å². The lowest BCUT2D eigenvalue weighted by Crippen LogP contribution is -2.35. The van der Waals surface area contributed by atoms with Gasteiger partial charge < -0.3 is 15.2 Å². The quantitative estimate of drug-likeness (QED) is 0.928. The fourth-order valence-corrected chi connectivity index (χ4v) is 2.53. The largest absolute Gasteiger partial charge is 0.497 e. The number of benzene rings is 2. The van der Waals surface area contributed by atoms with Crippen LogP contribution in [-0.4, -0.2) is 14.2 Å². The summed E-state index contributed by atoms with van der Waals surface area (Å²) in [6.45, 7) is 4.07. The van der Waals surface area contributed by atoms with E-state index < -0.39 is 5.54 Å². The van der Waals surface area contributed by atoms with Crippen molar-refractivity contribution in [2.24, 2.45) is 5.73 Å². The molecule has 0 aliphatic carbocycles. The van der Waals surface area contributed by atoms with Gasteiger partial charge in [-0.1, -0.05) is 24.3 Å². The molecule has 2 rings (SSSR count). The third-order valence-electron chi connectivity index (χ3n) is 3.67. The van der Waals surface area contributed by atoms with Crippen molar-refractivity contribution >= 4 is 0 Å². The summed E-state index contributed by atoms with van der Waals surface area (Å²) in [4.78, 5) is 0. The van der Waals surface area contributed by atoms with E-state index in [0.717, 1.165) is 28.2 Å². The second kappa shape index (κ2) is 5.55. The predicted molar refractivity (Wildman–Crippen MR) is 81.4 cm³/mol. The summed E-state index contributed by atoms with van der Waals surface area (Å²) in [6.07, 6.45) is 0. The molecule has 20 heavy (non-hydrogen) atoms. The van der Waals surface area contributed by atoms with Gasteiger partial charge in [0.15, 0.2) is 0 Å². The van der Waals surface area contributed by atoms with Crippen LogP contribution in [0.2, 0.25) is 0 Å². The van der Waals surface area contributed by atoms with E-state index in [2.05, 4.69) is 19.1 Å². The van der Waals surface area contributed by atoms with Crippen molar-refractivity contribution in [3.8, 4) is 11.5 Å². The van der Waals surface area contributed by atoms with Crippen LogP contribution in [0.5, 0.6) is 11.5 Å². The molecule has 3 heteroatoms. The maximum Gasteiger partial charge on any atom is 0.127 e. The fraction of sp³-hybridized carbons (Fsp3) is 0.294. The first-order valence-corrected chi connectivity index (χ1v) is 6.58. The third kappa shape index (κ3) is 2.49. The van der Waals surface area contributed by atoms with Crippen molar-refractivity contribution in [3.05, 3.63) is 59.2 Å². The minimum atomic E-state index is -0.622. The summed E-state index contributed by atoms with van der Waals surface area (Å²) in [5, 5.41) is 0. The molecule has 0 aliphatic rings. The van der Waals surface area contributed by atoms with Gasteiger partial charge in [0.25, 0.3) is 0 Å². The minimum Gasteiger partial charge on any atom is -0.497 e. The Kier molecular flexibility index (Phi) is 4.00. The third-order valence-corrected chi connectivity index (χ3v) is 3.67. The summed E-state index contributed by atoms with van der Waals surface area (Å²) < 4.78 is 10.7. The number of aryl methyl sites for hydroxylation is 1. The molecule has 2 N–H and O–H groups in total. The number of hydrogen-bond donors (Lipinski definition) is 1. The lowest BCUT2D eigenvalue weighted by atomic mass is 9.83. The normalized spacial score (nSPS) is 13.7. The highest BCUT2D eigenvalue weighted by atomic mass is 16.5. The minimum absolute atomic E-state index is 0.622. The number of methoxy groups -OCH3 is 2. The van der Waals surface area contributed by atoms with Gasteiger partial charge in [-0.15, -0.1) is 0 Å². The van der Waals surface area contributed by atoms with E-state index in [-0.39, 0.29) is 0 Å². The van der Waals surface area contributed by atoms with Crippen LogP contribution in [0, 0.1) is 6.92 Å². The zero-order chi connectivity index (χ0) is 14.8. The summed E-state index contributed by atoms with van der Waals surface area (Å²) in [5.74, 6) is 1.49. The lowest BCUT2D eigenvalue weighted by molar-refractivity contribution is 0.383. The molecular formula is C17H21NO2. The molecule has 0 saturated heterocycles. The highest BCUT2D eigenvalue weighted by Crippen LogP contribution is 2.36. The zero-order valence-corrected chi connectivity index (χ0v) is 12.4. The maximum absolute atomic E-state index is 6.61. The molecule has 0 aliphatic heterocycles. The molecule has 106 valence electrons. The van der Waals surface area contributed by atoms with Gasteiger partial charge in [0, 0.05) is 11.6 Å². The standard InChI is InChI=1S/C17H21NO2/c1-12-7-5-6-8-14(12)17(2,18)15-10-9-13(19-3)11-16(15)20-4/h5-11H,18H2,1-4H3. The van der Waals surface area contributed by atoms with E-state index in [9.17, 15) is 0 Å². The van der Waals surface area contributed by atoms with Crippen molar-refractivity contribution in [1.29, 1.82) is 0 Å². The molecule has 0 saturated carbocycles. The monoisotopic (exact) mass is 271 g/mol. The molecule has 0 spiro atoms. The van der Waals surface area contributed by atoms with Crippen LogP contribution in [-0.2, 0) is 5.54 Å². The second-order valence-corrected chi connectivity index (χ2v) is 5.08. The van der Waals surface area contributed by atoms with Crippen molar-refractivity contribution in [3.63, 3.8) is 0 Å². The number of hydrogen-bond acceptors (Lipinski definition) is 3. The van der Waals surface area contributed by atoms with E-state index in [1.165, 1.54) is 0 Å². The highest BCUT2D eigenvalue weighted by molar-refractivity contribution is 5.50. The van der Waals surface area contributed by atoms with Crippen LogP contribution in [0.3, 0.4) is 0 Å². The van der Waals surface area contributed by atoms with Crippen molar-refractivity contribution < 1.29 is 9.47 Å². The van der Waals surface area contributed by atoms with E-state index in [0.29, 0.717) is 0 Å². The van der Waals surface area contributed by atoms with Crippen LogP contribution in [0.25, 0.3) is 0 Å². The Balaban J connectivity index is 2.57. The Morgan fingerprint density at radius 2 is 1.65 bits per heavy atom. The molecule has 0 radical (unpaired) electrons. The summed E-state index contributed by atoms with van der Waals surface area (Å²) in [5.41, 5.74) is 9.17. The molecular weight excluding hydrogens is 250 g/mol. The molecule has 0 aromatic heterocycles. The van der Waals surface area contributed by atoms with Crippen LogP contribution < -0.4 is 15.2 Å². The smallest absolute Gasteiger partial charge is 0.127 e. The summed E-state index contributed by atoms with van der Waals surface area (Å²) in [7, 11) is 3.28. The van der Waals surface area contributed by atoms with Gasteiger partial charge in [0.05, 0.1) is 19.8 Å². The first-order valence-electron chi connectivity index (χ1n) is 6.58. The van der Waals surface area contributed by atoms with E-state index in [1.807, 2.05) is 37.3 Å². The first-order chi connectivity index (χ1) is 9.50. The van der Waals surface area contributed by atoms with E-state index in [1.54, 1.807) is 14.2 Å². The molecule has 0 bridgehead atoms. The fourth-order valence-electron chi connectivity index (χ4n) is 2.53. The molecule has 2 aromatic rings. The van der Waals surface area contributed by atoms with Crippen LogP contribution in [0.15, 0.2) is 42.5 Å². The van der Waals surface area contributed by atoms with Gasteiger partial charge in [-0.3, -0.25) is 0 Å². The summed E-state index contributed by atoms with van der Waals surface area (Å²) in [6, 6.07) is 13.9. The van der Waals surface area contributed by atoms with Gasteiger partial charge >= 0.3 is 0 Å². The van der Waals surface area contributed by atoms with Gasteiger partial charge in [-0.05, 0) is 37.1 Å². The Morgan fingerprint density at radius 3 is 2.25 bits per heavy atom. The topological polar surface area (TPSA) is 44.5 Å². The summed E-state index contributed by atoms with van der Waals surface area (Å²) >= 11 is 0. The number of ether oxygens (including phenoxy) is 2. The average Bonchev–Trinajstić information content (AvgIpc) is 2.46. The molecule has 1 atom stereocenters. The lowest BCUT2D eigenvalue weighted by Gasteiger charge is -2.29. The molecule has 0 heterocycles.